The van der Waals surface area contributed by atoms with Crippen molar-refractivity contribution in [3.05, 3.63) is 66.1 Å². The monoisotopic (exact) mass is 518 g/mol. The lowest BCUT2D eigenvalue weighted by molar-refractivity contribution is -0.122. The highest BCUT2D eigenvalue weighted by atomic mass is 35.5. The van der Waals surface area contributed by atoms with Crippen molar-refractivity contribution in [3.8, 4) is 0 Å². The summed E-state index contributed by atoms with van der Waals surface area (Å²) in [6.45, 7) is 1.60. The average molecular weight is 519 g/mol. The first-order chi connectivity index (χ1) is 16.4. The maximum atomic E-state index is 12.7. The van der Waals surface area contributed by atoms with Gasteiger partial charge >= 0.3 is 0 Å². The van der Waals surface area contributed by atoms with Crippen LogP contribution in [0, 0.1) is 0 Å². The Bertz CT molecular complexity index is 1430. The normalized spacial score (nSPS) is 16.1. The molecule has 2 N–H and O–H groups in total. The zero-order valence-corrected chi connectivity index (χ0v) is 20.3. The highest BCUT2D eigenvalue weighted by Gasteiger charge is 2.25. The van der Waals surface area contributed by atoms with Crippen molar-refractivity contribution in [2.24, 2.45) is 0 Å². The molecule has 1 saturated heterocycles. The Hall–Kier alpha value is -3.15. The van der Waals surface area contributed by atoms with Crippen molar-refractivity contribution >= 4 is 60.8 Å². The van der Waals surface area contributed by atoms with Crippen LogP contribution in [0.25, 0.3) is 10.9 Å². The van der Waals surface area contributed by atoms with Crippen molar-refractivity contribution in [1.29, 1.82) is 0 Å². The molecule has 2 aromatic carbocycles. The summed E-state index contributed by atoms with van der Waals surface area (Å²) in [4.78, 5) is 18.8. The fourth-order valence-electron chi connectivity index (χ4n) is 4.11. The lowest BCUT2D eigenvalue weighted by Gasteiger charge is -2.19. The third-order valence-electron chi connectivity index (χ3n) is 5.70. The Labute approximate surface area is 207 Å². The molecule has 0 spiro atoms. The zero-order valence-electron chi connectivity index (χ0n) is 17.9. The van der Waals surface area contributed by atoms with Crippen LogP contribution in [-0.4, -0.2) is 47.4 Å². The largest absolute Gasteiger partial charge is 0.369 e. The van der Waals surface area contributed by atoms with Gasteiger partial charge in [0.25, 0.3) is 10.0 Å². The number of amides is 1. The number of para-hydroxylation sites is 1. The van der Waals surface area contributed by atoms with E-state index >= 15 is 0 Å². The van der Waals surface area contributed by atoms with Gasteiger partial charge in [-0.25, -0.2) is 13.4 Å². The first kappa shape index (κ1) is 22.6. The van der Waals surface area contributed by atoms with E-state index in [0.29, 0.717) is 11.6 Å². The number of aromatic nitrogens is 3. The van der Waals surface area contributed by atoms with Crippen molar-refractivity contribution in [2.45, 2.75) is 23.9 Å². The highest BCUT2D eigenvalue weighted by Crippen LogP contribution is 2.25. The fraction of sp³-hybridized carbons (Fsp3) is 0.227. The van der Waals surface area contributed by atoms with Crippen molar-refractivity contribution in [1.82, 2.24) is 19.2 Å². The standard InChI is InChI=1S/C22H21ClN6O3S2.H2/c23-19-3-1-2-15-8-10-29(21(15)19)13-20(30)26-16-9-11-28(12-16)17-4-6-18(7-5-17)34(31,32)27-22-24-14-25-33-22;/h1-8,10,14,16H,9,11-13H2,(H,26,30)(H,24,25,27);1H/t16-;/m0./s1. The molecule has 34 heavy (non-hydrogen) atoms. The number of rotatable bonds is 7. The van der Waals surface area contributed by atoms with E-state index in [2.05, 4.69) is 24.3 Å². The van der Waals surface area contributed by atoms with Crippen LogP contribution in [0.15, 0.2) is 66.0 Å². The summed E-state index contributed by atoms with van der Waals surface area (Å²) in [5.41, 5.74) is 1.75. The van der Waals surface area contributed by atoms with Crippen LogP contribution < -0.4 is 14.9 Å². The van der Waals surface area contributed by atoms with E-state index in [0.717, 1.165) is 41.1 Å². The predicted molar refractivity (Wildman–Crippen MR) is 135 cm³/mol. The van der Waals surface area contributed by atoms with Crippen molar-refractivity contribution < 1.29 is 14.6 Å². The number of hydrogen-bond acceptors (Lipinski definition) is 7. The molecule has 0 saturated carbocycles. The second-order valence-corrected chi connectivity index (χ2v) is 10.8. The van der Waals surface area contributed by atoms with Crippen LogP contribution in [-0.2, 0) is 21.4 Å². The molecule has 9 nitrogen and oxygen atoms in total. The predicted octanol–water partition coefficient (Wildman–Crippen LogP) is 3.59. The van der Waals surface area contributed by atoms with Crippen LogP contribution in [0.2, 0.25) is 5.02 Å². The van der Waals surface area contributed by atoms with Gasteiger partial charge in [-0.2, -0.15) is 4.37 Å². The van der Waals surface area contributed by atoms with E-state index in [1.807, 2.05) is 35.0 Å². The molecular weight excluding hydrogens is 496 g/mol. The van der Waals surface area contributed by atoms with Crippen molar-refractivity contribution in [3.63, 3.8) is 0 Å². The molecule has 1 aliphatic rings. The van der Waals surface area contributed by atoms with E-state index in [4.69, 9.17) is 11.6 Å². The van der Waals surface area contributed by atoms with Gasteiger partial charge in [-0.15, -0.1) is 0 Å². The van der Waals surface area contributed by atoms with E-state index in [1.165, 1.54) is 6.33 Å². The molecule has 3 heterocycles. The quantitative estimate of drug-likeness (QED) is 0.387. The number of halogens is 1. The summed E-state index contributed by atoms with van der Waals surface area (Å²) in [6.07, 6.45) is 3.97. The number of hydrogen-bond donors (Lipinski definition) is 2. The van der Waals surface area contributed by atoms with Crippen LogP contribution >= 0.6 is 23.1 Å². The van der Waals surface area contributed by atoms with Gasteiger partial charge < -0.3 is 14.8 Å². The number of anilines is 2. The number of benzene rings is 2. The summed E-state index contributed by atoms with van der Waals surface area (Å²) >= 11 is 7.29. The van der Waals surface area contributed by atoms with Gasteiger partial charge in [-0.3, -0.25) is 9.52 Å². The molecule has 0 radical (unpaired) electrons. The Kier molecular flexibility index (Phi) is 6.15. The van der Waals surface area contributed by atoms with Crippen LogP contribution in [0.3, 0.4) is 0 Å². The molecule has 0 bridgehead atoms. The minimum absolute atomic E-state index is 0. The smallest absolute Gasteiger partial charge is 0.263 e. The lowest BCUT2D eigenvalue weighted by atomic mass is 10.2. The first-order valence-corrected chi connectivity index (χ1v) is 13.2. The van der Waals surface area contributed by atoms with Gasteiger partial charge in [0.2, 0.25) is 11.0 Å². The molecule has 12 heteroatoms. The highest BCUT2D eigenvalue weighted by molar-refractivity contribution is 7.93. The number of sulfonamides is 1. The van der Waals surface area contributed by atoms with E-state index in [9.17, 15) is 13.2 Å². The molecule has 5 rings (SSSR count). The number of nitrogens with one attached hydrogen (secondary N) is 2. The van der Waals surface area contributed by atoms with Gasteiger partial charge in [0, 0.05) is 49.4 Å². The third kappa shape index (κ3) is 4.72. The van der Waals surface area contributed by atoms with Gasteiger partial charge in [0.15, 0.2) is 0 Å². The molecule has 1 aliphatic heterocycles. The van der Waals surface area contributed by atoms with Crippen LogP contribution in [0.5, 0.6) is 0 Å². The minimum atomic E-state index is -3.72. The summed E-state index contributed by atoms with van der Waals surface area (Å²) < 4.78 is 33.0. The molecule has 1 fully saturated rings. The second kappa shape index (κ2) is 9.24. The van der Waals surface area contributed by atoms with Crippen LogP contribution in [0.1, 0.15) is 7.85 Å². The first-order valence-electron chi connectivity index (χ1n) is 10.6. The number of fused-ring (bicyclic) bond motifs is 1. The molecule has 0 aliphatic carbocycles. The maximum absolute atomic E-state index is 12.7. The SMILES string of the molecule is O=C(Cn1ccc2cccc(Cl)c21)N[C@H]1CCN(c2ccc(S(=O)(=O)Nc3ncns3)cc2)C1.[HH]. The number of carbonyl (C=O) groups is 1. The third-order valence-corrected chi connectivity index (χ3v) is 8.07. The Morgan fingerprint density at radius 3 is 2.79 bits per heavy atom. The van der Waals surface area contributed by atoms with E-state index < -0.39 is 10.0 Å². The summed E-state index contributed by atoms with van der Waals surface area (Å²) in [6, 6.07) is 14.3. The Morgan fingerprint density at radius 1 is 1.21 bits per heavy atom. The van der Waals surface area contributed by atoms with Gasteiger partial charge in [0.1, 0.15) is 12.9 Å². The summed E-state index contributed by atoms with van der Waals surface area (Å²) in [7, 11) is -3.72. The average Bonchev–Trinajstić information content (AvgIpc) is 3.56. The number of nitrogens with zero attached hydrogens (tertiary/aromatic N) is 4. The molecular formula is C22H23ClN6O3S2. The van der Waals surface area contributed by atoms with Crippen molar-refractivity contribution in [2.75, 3.05) is 22.7 Å². The molecule has 4 aromatic rings. The Morgan fingerprint density at radius 2 is 2.03 bits per heavy atom. The number of carbonyl (C=O) groups excluding carboxylic acids is 1. The molecule has 1 atom stereocenters. The Balaban J connectivity index is 0.00000289. The topological polar surface area (TPSA) is 109 Å². The maximum Gasteiger partial charge on any atom is 0.263 e. The lowest BCUT2D eigenvalue weighted by Crippen LogP contribution is -2.38. The molecule has 178 valence electrons. The molecule has 1 amide bonds. The van der Waals surface area contributed by atoms with Crippen LogP contribution in [0.4, 0.5) is 10.8 Å². The van der Waals surface area contributed by atoms with Gasteiger partial charge in [-0.05, 0) is 42.8 Å². The fourth-order valence-corrected chi connectivity index (χ4v) is 6.07. The second-order valence-electron chi connectivity index (χ2n) is 7.97. The molecule has 2 aromatic heterocycles. The summed E-state index contributed by atoms with van der Waals surface area (Å²) in [5, 5.41) is 4.93. The van der Waals surface area contributed by atoms with E-state index in [1.54, 1.807) is 24.3 Å². The minimum Gasteiger partial charge on any atom is -0.369 e. The van der Waals surface area contributed by atoms with Gasteiger partial charge in [-0.1, -0.05) is 23.7 Å². The van der Waals surface area contributed by atoms with Gasteiger partial charge in [0.05, 0.1) is 15.4 Å². The zero-order chi connectivity index (χ0) is 23.7. The summed E-state index contributed by atoms with van der Waals surface area (Å²) in [5.74, 6) is -0.0755. The molecule has 0 unspecified atom stereocenters. The van der Waals surface area contributed by atoms with E-state index in [-0.39, 0.29) is 29.9 Å².